The SMILES string of the molecule is CC(C)(C)OC(=O)NC12CCC(CN)(C1)OC2. The zero-order chi connectivity index (χ0) is 12.7. The molecule has 0 radical (unpaired) electrons. The maximum absolute atomic E-state index is 11.8. The number of hydrogen-bond donors (Lipinski definition) is 2. The maximum atomic E-state index is 11.8. The first-order chi connectivity index (χ1) is 7.78. The van der Waals surface area contributed by atoms with E-state index in [0.29, 0.717) is 13.2 Å². The molecule has 0 spiro atoms. The van der Waals surface area contributed by atoms with E-state index in [2.05, 4.69) is 5.32 Å². The van der Waals surface area contributed by atoms with Gasteiger partial charge < -0.3 is 20.5 Å². The summed E-state index contributed by atoms with van der Waals surface area (Å²) in [5, 5.41) is 2.96. The summed E-state index contributed by atoms with van der Waals surface area (Å²) in [5.41, 5.74) is 4.78. The van der Waals surface area contributed by atoms with Gasteiger partial charge in [-0.15, -0.1) is 0 Å². The Balaban J connectivity index is 1.95. The molecule has 5 nitrogen and oxygen atoms in total. The standard InChI is InChI=1S/C12H22N2O3/c1-10(2,3)17-9(15)14-11-4-5-12(6-11,7-13)16-8-11/h4-8,13H2,1-3H3,(H,14,15). The van der Waals surface area contributed by atoms with Crippen LogP contribution in [0.25, 0.3) is 0 Å². The molecule has 17 heavy (non-hydrogen) atoms. The van der Waals surface area contributed by atoms with E-state index in [9.17, 15) is 4.79 Å². The van der Waals surface area contributed by atoms with Crippen molar-refractivity contribution >= 4 is 6.09 Å². The van der Waals surface area contributed by atoms with Gasteiger partial charge in [0.25, 0.3) is 0 Å². The third-order valence-corrected chi connectivity index (χ3v) is 3.51. The van der Waals surface area contributed by atoms with Gasteiger partial charge in [0.05, 0.1) is 17.7 Å². The van der Waals surface area contributed by atoms with Crippen LogP contribution in [0, 0.1) is 0 Å². The average molecular weight is 242 g/mol. The van der Waals surface area contributed by atoms with Crippen LogP contribution in [0.1, 0.15) is 40.0 Å². The molecular formula is C12H22N2O3. The summed E-state index contributed by atoms with van der Waals surface area (Å²) in [6.45, 7) is 6.63. The van der Waals surface area contributed by atoms with E-state index in [-0.39, 0.29) is 17.2 Å². The Morgan fingerprint density at radius 3 is 2.59 bits per heavy atom. The van der Waals surface area contributed by atoms with E-state index in [4.69, 9.17) is 15.2 Å². The van der Waals surface area contributed by atoms with Gasteiger partial charge in [0.2, 0.25) is 0 Å². The molecule has 0 aromatic carbocycles. The fourth-order valence-corrected chi connectivity index (χ4v) is 2.69. The fraction of sp³-hybridized carbons (Fsp3) is 0.917. The van der Waals surface area contributed by atoms with Crippen LogP contribution in [0.4, 0.5) is 4.79 Å². The van der Waals surface area contributed by atoms with Crippen molar-refractivity contribution in [1.29, 1.82) is 0 Å². The largest absolute Gasteiger partial charge is 0.444 e. The zero-order valence-corrected chi connectivity index (χ0v) is 10.8. The Kier molecular flexibility index (Phi) is 2.86. The molecule has 1 saturated heterocycles. The lowest BCUT2D eigenvalue weighted by molar-refractivity contribution is -0.0175. The molecule has 2 fully saturated rings. The molecular weight excluding hydrogens is 220 g/mol. The summed E-state index contributed by atoms with van der Waals surface area (Å²) >= 11 is 0. The molecule has 1 heterocycles. The molecule has 2 unspecified atom stereocenters. The first kappa shape index (κ1) is 12.6. The van der Waals surface area contributed by atoms with Crippen molar-refractivity contribution in [2.75, 3.05) is 13.2 Å². The minimum Gasteiger partial charge on any atom is -0.444 e. The maximum Gasteiger partial charge on any atom is 0.408 e. The second-order valence-corrected chi connectivity index (χ2v) is 6.26. The Morgan fingerprint density at radius 2 is 2.18 bits per heavy atom. The summed E-state index contributed by atoms with van der Waals surface area (Å²) in [4.78, 5) is 11.8. The van der Waals surface area contributed by atoms with Crippen molar-refractivity contribution in [3.05, 3.63) is 0 Å². The second kappa shape index (κ2) is 3.85. The topological polar surface area (TPSA) is 73.6 Å². The van der Waals surface area contributed by atoms with Gasteiger partial charge in [-0.1, -0.05) is 0 Å². The number of hydrogen-bond acceptors (Lipinski definition) is 4. The zero-order valence-electron chi connectivity index (χ0n) is 10.8. The lowest BCUT2D eigenvalue weighted by Crippen LogP contribution is -2.49. The lowest BCUT2D eigenvalue weighted by Gasteiger charge is -2.29. The highest BCUT2D eigenvalue weighted by atomic mass is 16.6. The molecule has 1 aliphatic carbocycles. The van der Waals surface area contributed by atoms with Crippen molar-refractivity contribution in [3.8, 4) is 0 Å². The Hall–Kier alpha value is -0.810. The van der Waals surface area contributed by atoms with Gasteiger partial charge in [0, 0.05) is 13.0 Å². The average Bonchev–Trinajstić information content (AvgIpc) is 2.70. The third-order valence-electron chi connectivity index (χ3n) is 3.51. The molecule has 2 rings (SSSR count). The Morgan fingerprint density at radius 1 is 1.47 bits per heavy atom. The molecule has 5 heteroatoms. The van der Waals surface area contributed by atoms with Gasteiger partial charge in [-0.25, -0.2) is 4.79 Å². The molecule has 0 aromatic heterocycles. The minimum atomic E-state index is -0.469. The molecule has 0 aromatic rings. The van der Waals surface area contributed by atoms with Gasteiger partial charge in [-0.05, 0) is 33.6 Å². The number of carbonyl (C=O) groups is 1. The number of carbonyl (C=O) groups excluding carboxylic acids is 1. The van der Waals surface area contributed by atoms with E-state index < -0.39 is 5.60 Å². The Labute approximate surface area is 102 Å². The first-order valence-electron chi connectivity index (χ1n) is 6.13. The minimum absolute atomic E-state index is 0.213. The first-order valence-corrected chi connectivity index (χ1v) is 6.13. The number of rotatable bonds is 2. The number of fused-ring (bicyclic) bond motifs is 2. The summed E-state index contributed by atoms with van der Waals surface area (Å²) in [7, 11) is 0. The number of nitrogens with one attached hydrogen (secondary N) is 1. The molecule has 1 aliphatic heterocycles. The highest BCUT2D eigenvalue weighted by molar-refractivity contribution is 5.69. The van der Waals surface area contributed by atoms with Crippen LogP contribution in [0.15, 0.2) is 0 Å². The molecule has 2 atom stereocenters. The van der Waals surface area contributed by atoms with E-state index >= 15 is 0 Å². The van der Waals surface area contributed by atoms with Gasteiger partial charge in [-0.2, -0.15) is 0 Å². The normalized spacial score (nSPS) is 36.0. The van der Waals surface area contributed by atoms with Crippen LogP contribution in [-0.4, -0.2) is 36.0 Å². The number of amides is 1. The van der Waals surface area contributed by atoms with Crippen molar-refractivity contribution < 1.29 is 14.3 Å². The molecule has 2 bridgehead atoms. The molecule has 3 N–H and O–H groups in total. The predicted molar refractivity (Wildman–Crippen MR) is 63.7 cm³/mol. The van der Waals surface area contributed by atoms with Crippen molar-refractivity contribution in [3.63, 3.8) is 0 Å². The fourth-order valence-electron chi connectivity index (χ4n) is 2.69. The van der Waals surface area contributed by atoms with Crippen LogP contribution in [-0.2, 0) is 9.47 Å². The quantitative estimate of drug-likeness (QED) is 0.762. The van der Waals surface area contributed by atoms with Crippen molar-refractivity contribution in [2.24, 2.45) is 5.73 Å². The van der Waals surface area contributed by atoms with Gasteiger partial charge in [-0.3, -0.25) is 0 Å². The van der Waals surface area contributed by atoms with Gasteiger partial charge in [0.15, 0.2) is 0 Å². The highest BCUT2D eigenvalue weighted by Crippen LogP contribution is 2.46. The highest BCUT2D eigenvalue weighted by Gasteiger charge is 2.56. The van der Waals surface area contributed by atoms with Crippen molar-refractivity contribution in [2.45, 2.75) is 56.8 Å². The number of alkyl carbamates (subject to hydrolysis) is 1. The van der Waals surface area contributed by atoms with E-state index in [0.717, 1.165) is 19.3 Å². The van der Waals surface area contributed by atoms with Gasteiger partial charge >= 0.3 is 6.09 Å². The molecule has 1 amide bonds. The lowest BCUT2D eigenvalue weighted by atomic mass is 9.99. The summed E-state index contributed by atoms with van der Waals surface area (Å²) in [6, 6.07) is 0. The van der Waals surface area contributed by atoms with Crippen LogP contribution < -0.4 is 11.1 Å². The summed E-state index contributed by atoms with van der Waals surface area (Å²) in [6.07, 6.45) is 2.27. The van der Waals surface area contributed by atoms with Crippen LogP contribution in [0.2, 0.25) is 0 Å². The summed E-state index contributed by atoms with van der Waals surface area (Å²) in [5.74, 6) is 0. The van der Waals surface area contributed by atoms with E-state index in [1.54, 1.807) is 0 Å². The second-order valence-electron chi connectivity index (χ2n) is 6.26. The summed E-state index contributed by atoms with van der Waals surface area (Å²) < 4.78 is 11.0. The molecule has 1 saturated carbocycles. The van der Waals surface area contributed by atoms with Crippen LogP contribution >= 0.6 is 0 Å². The van der Waals surface area contributed by atoms with E-state index in [1.165, 1.54) is 0 Å². The third kappa shape index (κ3) is 2.55. The predicted octanol–water partition coefficient (Wildman–Crippen LogP) is 1.16. The monoisotopic (exact) mass is 242 g/mol. The molecule has 98 valence electrons. The van der Waals surface area contributed by atoms with E-state index in [1.807, 2.05) is 20.8 Å². The molecule has 2 aliphatic rings. The number of nitrogens with two attached hydrogens (primary N) is 1. The number of ether oxygens (including phenoxy) is 2. The van der Waals surface area contributed by atoms with Crippen molar-refractivity contribution in [1.82, 2.24) is 5.32 Å². The Bertz CT molecular complexity index is 314. The van der Waals surface area contributed by atoms with Crippen LogP contribution in [0.5, 0.6) is 0 Å². The van der Waals surface area contributed by atoms with Gasteiger partial charge in [0.1, 0.15) is 5.60 Å². The smallest absolute Gasteiger partial charge is 0.408 e. The van der Waals surface area contributed by atoms with Crippen LogP contribution in [0.3, 0.4) is 0 Å².